The number of carbonyl (C=O) groups is 1. The molecule has 0 spiro atoms. The van der Waals surface area contributed by atoms with Crippen LogP contribution < -0.4 is 4.74 Å². The monoisotopic (exact) mass is 224 g/mol. The number of carbonyl (C=O) groups excluding carboxylic acids is 1. The molecule has 92 valence electrons. The van der Waals surface area contributed by atoms with E-state index in [4.69, 9.17) is 4.74 Å². The Morgan fingerprint density at radius 3 is 2.00 bits per heavy atom. The number of Topliss-reactive ketones (excluding diaryl/α,β-unsaturated/α-hetero) is 1. The van der Waals surface area contributed by atoms with E-state index in [9.17, 15) is 4.79 Å². The fourth-order valence-corrected chi connectivity index (χ4v) is 1.10. The fraction of sp³-hybridized carbons (Fsp3) is 0.500. The predicted octanol–water partition coefficient (Wildman–Crippen LogP) is 4.26. The summed E-state index contributed by atoms with van der Waals surface area (Å²) in [6, 6.07) is 5.57. The molecule has 0 fully saturated rings. The average molecular weight is 224 g/mol. The van der Waals surface area contributed by atoms with Gasteiger partial charge in [0.05, 0.1) is 12.7 Å². The zero-order valence-electron chi connectivity index (χ0n) is 11.5. The minimum Gasteiger partial charge on any atom is -0.496 e. The van der Waals surface area contributed by atoms with Gasteiger partial charge in [-0.3, -0.25) is 4.79 Å². The minimum atomic E-state index is 0.0375. The van der Waals surface area contributed by atoms with Crippen molar-refractivity contribution in [3.63, 3.8) is 0 Å². The number of hydrogen-bond donors (Lipinski definition) is 0. The standard InChI is InChI=1S/C10H12O2.2C2H6/c1-7-4-5-10(12-3)9(6-7)8(2)11;2*1-2/h4-6H,1-3H3;2*1-2H3. The van der Waals surface area contributed by atoms with Gasteiger partial charge >= 0.3 is 0 Å². The summed E-state index contributed by atoms with van der Waals surface area (Å²) in [5, 5.41) is 0. The zero-order valence-corrected chi connectivity index (χ0v) is 11.5. The van der Waals surface area contributed by atoms with Crippen LogP contribution in [0.5, 0.6) is 5.75 Å². The van der Waals surface area contributed by atoms with Gasteiger partial charge in [-0.1, -0.05) is 39.3 Å². The smallest absolute Gasteiger partial charge is 0.163 e. The Hall–Kier alpha value is -1.31. The maximum atomic E-state index is 11.1. The molecule has 2 heteroatoms. The first-order valence-electron chi connectivity index (χ1n) is 5.80. The summed E-state index contributed by atoms with van der Waals surface area (Å²) < 4.78 is 5.04. The van der Waals surface area contributed by atoms with Gasteiger partial charge < -0.3 is 4.74 Å². The number of aryl methyl sites for hydroxylation is 1. The van der Waals surface area contributed by atoms with Crippen LogP contribution in [0.4, 0.5) is 0 Å². The van der Waals surface area contributed by atoms with Gasteiger partial charge in [0, 0.05) is 0 Å². The van der Waals surface area contributed by atoms with E-state index in [0.29, 0.717) is 11.3 Å². The summed E-state index contributed by atoms with van der Waals surface area (Å²) in [5.41, 5.74) is 1.72. The molecule has 0 saturated heterocycles. The molecule has 1 aromatic rings. The molecule has 0 amide bonds. The normalized spacial score (nSPS) is 7.94. The van der Waals surface area contributed by atoms with E-state index in [2.05, 4.69) is 0 Å². The van der Waals surface area contributed by atoms with Gasteiger partial charge in [-0.2, -0.15) is 0 Å². The molecule has 0 N–H and O–H groups in total. The number of methoxy groups -OCH3 is 1. The van der Waals surface area contributed by atoms with Crippen molar-refractivity contribution in [2.45, 2.75) is 41.5 Å². The van der Waals surface area contributed by atoms with Crippen molar-refractivity contribution in [2.24, 2.45) is 0 Å². The maximum Gasteiger partial charge on any atom is 0.163 e. The summed E-state index contributed by atoms with van der Waals surface area (Å²) in [5.74, 6) is 0.684. The van der Waals surface area contributed by atoms with Crippen LogP contribution in [-0.2, 0) is 0 Å². The topological polar surface area (TPSA) is 26.3 Å². The van der Waals surface area contributed by atoms with Crippen molar-refractivity contribution in [2.75, 3.05) is 7.11 Å². The van der Waals surface area contributed by atoms with Gasteiger partial charge in [0.25, 0.3) is 0 Å². The Morgan fingerprint density at radius 2 is 1.62 bits per heavy atom. The largest absolute Gasteiger partial charge is 0.496 e. The third-order valence-electron chi connectivity index (χ3n) is 1.73. The van der Waals surface area contributed by atoms with Crippen LogP contribution in [0.1, 0.15) is 50.5 Å². The first kappa shape index (κ1) is 17.1. The zero-order chi connectivity index (χ0) is 13.1. The lowest BCUT2D eigenvalue weighted by Crippen LogP contribution is -1.97. The first-order chi connectivity index (χ1) is 7.65. The van der Waals surface area contributed by atoms with Gasteiger partial charge in [-0.05, 0) is 26.0 Å². The van der Waals surface area contributed by atoms with E-state index in [1.54, 1.807) is 7.11 Å². The van der Waals surface area contributed by atoms with E-state index in [1.807, 2.05) is 52.8 Å². The van der Waals surface area contributed by atoms with Crippen LogP contribution in [0.3, 0.4) is 0 Å². The Kier molecular flexibility index (Phi) is 10.9. The molecule has 0 aliphatic carbocycles. The molecule has 16 heavy (non-hydrogen) atoms. The fourth-order valence-electron chi connectivity index (χ4n) is 1.10. The highest BCUT2D eigenvalue weighted by molar-refractivity contribution is 5.96. The second kappa shape index (κ2) is 10.2. The summed E-state index contributed by atoms with van der Waals surface area (Å²) in [6.07, 6.45) is 0. The lowest BCUT2D eigenvalue weighted by atomic mass is 10.1. The van der Waals surface area contributed by atoms with Crippen molar-refractivity contribution in [3.05, 3.63) is 29.3 Å². The molecule has 2 nitrogen and oxygen atoms in total. The molecule has 0 aromatic heterocycles. The third-order valence-corrected chi connectivity index (χ3v) is 1.73. The van der Waals surface area contributed by atoms with Crippen LogP contribution in [0.25, 0.3) is 0 Å². The van der Waals surface area contributed by atoms with Crippen molar-refractivity contribution >= 4 is 5.78 Å². The van der Waals surface area contributed by atoms with Crippen molar-refractivity contribution < 1.29 is 9.53 Å². The number of rotatable bonds is 2. The summed E-state index contributed by atoms with van der Waals surface area (Å²) in [7, 11) is 1.57. The summed E-state index contributed by atoms with van der Waals surface area (Å²) >= 11 is 0. The average Bonchev–Trinajstić information content (AvgIpc) is 2.34. The van der Waals surface area contributed by atoms with E-state index in [0.717, 1.165) is 5.56 Å². The number of hydrogen-bond acceptors (Lipinski definition) is 2. The van der Waals surface area contributed by atoms with E-state index >= 15 is 0 Å². The molecule has 0 aliphatic rings. The highest BCUT2D eigenvalue weighted by Crippen LogP contribution is 2.19. The number of benzene rings is 1. The van der Waals surface area contributed by atoms with E-state index in [1.165, 1.54) is 6.92 Å². The first-order valence-corrected chi connectivity index (χ1v) is 5.80. The second-order valence-electron chi connectivity index (χ2n) is 2.76. The molecule has 0 saturated carbocycles. The second-order valence-corrected chi connectivity index (χ2v) is 2.76. The van der Waals surface area contributed by atoms with Gasteiger partial charge in [-0.25, -0.2) is 0 Å². The van der Waals surface area contributed by atoms with Gasteiger partial charge in [0.2, 0.25) is 0 Å². The Bertz CT molecular complexity index is 304. The molecule has 1 rings (SSSR count). The lowest BCUT2D eigenvalue weighted by Gasteiger charge is -2.05. The maximum absolute atomic E-state index is 11.1. The Balaban J connectivity index is 0. The summed E-state index contributed by atoms with van der Waals surface area (Å²) in [6.45, 7) is 11.5. The van der Waals surface area contributed by atoms with Crippen molar-refractivity contribution in [1.29, 1.82) is 0 Å². The molecular formula is C14H24O2. The van der Waals surface area contributed by atoms with E-state index in [-0.39, 0.29) is 5.78 Å². The van der Waals surface area contributed by atoms with Crippen LogP contribution in [0.2, 0.25) is 0 Å². The molecule has 0 atom stereocenters. The van der Waals surface area contributed by atoms with Gasteiger partial charge in [-0.15, -0.1) is 0 Å². The molecule has 1 aromatic carbocycles. The molecule has 0 radical (unpaired) electrons. The van der Waals surface area contributed by atoms with Crippen LogP contribution in [-0.4, -0.2) is 12.9 Å². The molecule has 0 heterocycles. The molecule has 0 bridgehead atoms. The minimum absolute atomic E-state index is 0.0375. The highest BCUT2D eigenvalue weighted by atomic mass is 16.5. The lowest BCUT2D eigenvalue weighted by molar-refractivity contribution is 0.101. The van der Waals surface area contributed by atoms with Gasteiger partial charge in [0.15, 0.2) is 5.78 Å². The molecule has 0 unspecified atom stereocenters. The Morgan fingerprint density at radius 1 is 1.12 bits per heavy atom. The number of ether oxygens (including phenoxy) is 1. The van der Waals surface area contributed by atoms with Crippen LogP contribution in [0, 0.1) is 6.92 Å². The van der Waals surface area contributed by atoms with E-state index < -0.39 is 0 Å². The Labute approximate surface area is 99.6 Å². The highest BCUT2D eigenvalue weighted by Gasteiger charge is 2.06. The summed E-state index contributed by atoms with van der Waals surface area (Å²) in [4.78, 5) is 11.1. The SMILES string of the molecule is CC.CC.COc1ccc(C)cc1C(C)=O. The quantitative estimate of drug-likeness (QED) is 0.702. The van der Waals surface area contributed by atoms with Crippen LogP contribution >= 0.6 is 0 Å². The van der Waals surface area contributed by atoms with Crippen molar-refractivity contribution in [3.8, 4) is 5.75 Å². The predicted molar refractivity (Wildman–Crippen MR) is 70.4 cm³/mol. The molecule has 0 aliphatic heterocycles. The van der Waals surface area contributed by atoms with Crippen LogP contribution in [0.15, 0.2) is 18.2 Å². The number of ketones is 1. The third kappa shape index (κ3) is 5.54. The van der Waals surface area contributed by atoms with Gasteiger partial charge in [0.1, 0.15) is 5.75 Å². The van der Waals surface area contributed by atoms with Crippen molar-refractivity contribution in [1.82, 2.24) is 0 Å². The molecular weight excluding hydrogens is 200 g/mol.